The van der Waals surface area contributed by atoms with E-state index in [9.17, 15) is 14.4 Å². The van der Waals surface area contributed by atoms with Gasteiger partial charge in [-0.1, -0.05) is 15.9 Å². The summed E-state index contributed by atoms with van der Waals surface area (Å²) in [6, 6.07) is 12.4. The van der Waals surface area contributed by atoms with Gasteiger partial charge in [0.15, 0.2) is 0 Å². The summed E-state index contributed by atoms with van der Waals surface area (Å²) in [5, 5.41) is 8.27. The van der Waals surface area contributed by atoms with E-state index in [-0.39, 0.29) is 30.8 Å². The largest absolute Gasteiger partial charge is 0.326 e. The van der Waals surface area contributed by atoms with Crippen LogP contribution < -0.4 is 16.0 Å². The van der Waals surface area contributed by atoms with Gasteiger partial charge in [-0.05, 0) is 62.0 Å². The molecule has 3 amide bonds. The van der Waals surface area contributed by atoms with Crippen LogP contribution in [0.5, 0.6) is 0 Å². The van der Waals surface area contributed by atoms with Crippen LogP contribution in [0.2, 0.25) is 0 Å². The summed E-state index contributed by atoms with van der Waals surface area (Å²) in [6.45, 7) is 3.50. The second-order valence-corrected chi connectivity index (χ2v) is 7.40. The highest BCUT2D eigenvalue weighted by molar-refractivity contribution is 9.10. The van der Waals surface area contributed by atoms with Gasteiger partial charge in [-0.25, -0.2) is 0 Å². The van der Waals surface area contributed by atoms with E-state index < -0.39 is 0 Å². The summed E-state index contributed by atoms with van der Waals surface area (Å²) in [5.74, 6) is -0.585. The van der Waals surface area contributed by atoms with Gasteiger partial charge >= 0.3 is 0 Å². The maximum Gasteiger partial charge on any atom is 0.238 e. The number of halogens is 1. The minimum absolute atomic E-state index is 0.0696. The van der Waals surface area contributed by atoms with Gasteiger partial charge in [-0.15, -0.1) is 0 Å². The quantitative estimate of drug-likeness (QED) is 0.608. The van der Waals surface area contributed by atoms with Crippen LogP contribution >= 0.6 is 15.9 Å². The van der Waals surface area contributed by atoms with Crippen molar-refractivity contribution in [3.05, 3.63) is 52.5 Å². The van der Waals surface area contributed by atoms with E-state index in [1.807, 2.05) is 25.1 Å². The third kappa shape index (κ3) is 7.13. The minimum Gasteiger partial charge on any atom is -0.326 e. The molecule has 0 aliphatic carbocycles. The van der Waals surface area contributed by atoms with Gasteiger partial charge in [-0.2, -0.15) is 0 Å². The van der Waals surface area contributed by atoms with Crippen LogP contribution in [0.1, 0.15) is 12.5 Å². The Hall–Kier alpha value is -2.71. The summed E-state index contributed by atoms with van der Waals surface area (Å²) in [4.78, 5) is 37.0. The Labute approximate surface area is 172 Å². The predicted molar refractivity (Wildman–Crippen MR) is 114 cm³/mol. The van der Waals surface area contributed by atoms with Crippen molar-refractivity contribution >= 4 is 50.7 Å². The molecule has 0 atom stereocenters. The number of hydrogen-bond acceptors (Lipinski definition) is 4. The fraction of sp³-hybridized carbons (Fsp3) is 0.250. The Bertz CT molecular complexity index is 868. The zero-order chi connectivity index (χ0) is 20.7. The van der Waals surface area contributed by atoms with Crippen molar-refractivity contribution in [1.82, 2.24) is 4.90 Å². The summed E-state index contributed by atoms with van der Waals surface area (Å²) in [5.41, 5.74) is 2.96. The normalized spacial score (nSPS) is 10.5. The van der Waals surface area contributed by atoms with Crippen molar-refractivity contribution in [3.8, 4) is 0 Å². The van der Waals surface area contributed by atoms with Crippen molar-refractivity contribution in [1.29, 1.82) is 0 Å². The maximum atomic E-state index is 12.2. The van der Waals surface area contributed by atoms with Crippen LogP contribution in [-0.4, -0.2) is 42.8 Å². The molecule has 7 nitrogen and oxygen atoms in total. The molecule has 0 radical (unpaired) electrons. The fourth-order valence-corrected chi connectivity index (χ4v) is 3.02. The number of likely N-dealkylation sites (N-methyl/N-ethyl adjacent to an activating group) is 1. The number of aryl methyl sites for hydroxylation is 1. The highest BCUT2D eigenvalue weighted by Gasteiger charge is 2.12. The van der Waals surface area contributed by atoms with E-state index >= 15 is 0 Å². The molecule has 2 aromatic carbocycles. The maximum absolute atomic E-state index is 12.2. The number of carbonyl (C=O) groups is 3. The average Bonchev–Trinajstić information content (AvgIpc) is 2.58. The summed E-state index contributed by atoms with van der Waals surface area (Å²) >= 11 is 3.39. The molecule has 28 heavy (non-hydrogen) atoms. The predicted octanol–water partition coefficient (Wildman–Crippen LogP) is 3.22. The Morgan fingerprint density at radius 3 is 1.96 bits per heavy atom. The molecule has 0 aliphatic heterocycles. The van der Waals surface area contributed by atoms with E-state index in [0.717, 1.165) is 15.7 Å². The van der Waals surface area contributed by atoms with E-state index in [1.165, 1.54) is 6.92 Å². The molecule has 0 saturated carbocycles. The summed E-state index contributed by atoms with van der Waals surface area (Å²) in [7, 11) is 1.70. The van der Waals surface area contributed by atoms with Crippen LogP contribution in [0.15, 0.2) is 46.9 Å². The molecule has 0 aliphatic rings. The number of nitrogens with zero attached hydrogens (tertiary/aromatic N) is 1. The SMILES string of the molecule is CC(=O)Nc1ccc(NC(=O)CN(C)CC(=O)Nc2ccc(Br)cc2C)cc1. The van der Waals surface area contributed by atoms with Gasteiger partial charge in [0, 0.05) is 28.5 Å². The first-order valence-corrected chi connectivity index (χ1v) is 9.44. The van der Waals surface area contributed by atoms with E-state index in [2.05, 4.69) is 31.9 Å². The number of carbonyl (C=O) groups excluding carboxylic acids is 3. The first-order valence-electron chi connectivity index (χ1n) is 8.65. The van der Waals surface area contributed by atoms with Crippen molar-refractivity contribution < 1.29 is 14.4 Å². The highest BCUT2D eigenvalue weighted by Crippen LogP contribution is 2.20. The molecule has 2 rings (SSSR count). The lowest BCUT2D eigenvalue weighted by molar-refractivity contribution is -0.119. The van der Waals surface area contributed by atoms with Crippen LogP contribution in [0.3, 0.4) is 0 Å². The number of benzene rings is 2. The lowest BCUT2D eigenvalue weighted by atomic mass is 10.2. The molecule has 3 N–H and O–H groups in total. The Balaban J connectivity index is 1.81. The van der Waals surface area contributed by atoms with Gasteiger partial charge in [-0.3, -0.25) is 19.3 Å². The molecule has 0 aromatic heterocycles. The number of nitrogens with one attached hydrogen (secondary N) is 3. The lowest BCUT2D eigenvalue weighted by Gasteiger charge is -2.17. The highest BCUT2D eigenvalue weighted by atomic mass is 79.9. The molecule has 0 fully saturated rings. The van der Waals surface area contributed by atoms with Gasteiger partial charge in [0.1, 0.15) is 0 Å². The number of hydrogen-bond donors (Lipinski definition) is 3. The zero-order valence-corrected chi connectivity index (χ0v) is 17.6. The lowest BCUT2D eigenvalue weighted by Crippen LogP contribution is -2.36. The number of rotatable bonds is 7. The van der Waals surface area contributed by atoms with Crippen molar-refractivity contribution in [2.45, 2.75) is 13.8 Å². The van der Waals surface area contributed by atoms with Gasteiger partial charge in [0.05, 0.1) is 13.1 Å². The smallest absolute Gasteiger partial charge is 0.238 e. The van der Waals surface area contributed by atoms with Gasteiger partial charge in [0.25, 0.3) is 0 Å². The van der Waals surface area contributed by atoms with Gasteiger partial charge in [0.2, 0.25) is 17.7 Å². The van der Waals surface area contributed by atoms with Crippen LogP contribution in [0, 0.1) is 6.92 Å². The molecular weight excluding hydrogens is 424 g/mol. The number of anilines is 3. The Kier molecular flexibility index (Phi) is 7.71. The molecule has 0 heterocycles. The number of amides is 3. The standard InChI is InChI=1S/C20H23BrN4O3/c1-13-10-15(21)4-9-18(13)24-20(28)12-25(3)11-19(27)23-17-7-5-16(6-8-17)22-14(2)26/h4-10H,11-12H2,1-3H3,(H,22,26)(H,23,27)(H,24,28). The third-order valence-electron chi connectivity index (χ3n) is 3.78. The second kappa shape index (κ2) is 10.0. The first kappa shape index (κ1) is 21.6. The van der Waals surface area contributed by atoms with E-state index in [1.54, 1.807) is 36.2 Å². The van der Waals surface area contributed by atoms with Crippen molar-refractivity contribution in [2.75, 3.05) is 36.1 Å². The van der Waals surface area contributed by atoms with Crippen LogP contribution in [0.4, 0.5) is 17.1 Å². The third-order valence-corrected chi connectivity index (χ3v) is 4.27. The summed E-state index contributed by atoms with van der Waals surface area (Å²) < 4.78 is 0.946. The molecular formula is C20H23BrN4O3. The molecule has 8 heteroatoms. The molecule has 0 bridgehead atoms. The van der Waals surface area contributed by atoms with E-state index in [4.69, 9.17) is 0 Å². The fourth-order valence-electron chi connectivity index (χ4n) is 2.54. The molecule has 0 unspecified atom stereocenters. The van der Waals surface area contributed by atoms with Crippen LogP contribution in [0.25, 0.3) is 0 Å². The Morgan fingerprint density at radius 1 is 0.893 bits per heavy atom. The molecule has 148 valence electrons. The first-order chi connectivity index (χ1) is 13.2. The van der Waals surface area contributed by atoms with Crippen molar-refractivity contribution in [2.24, 2.45) is 0 Å². The van der Waals surface area contributed by atoms with Gasteiger partial charge < -0.3 is 16.0 Å². The molecule has 2 aromatic rings. The summed E-state index contributed by atoms with van der Waals surface area (Å²) in [6.07, 6.45) is 0. The molecule has 0 saturated heterocycles. The second-order valence-electron chi connectivity index (χ2n) is 6.49. The zero-order valence-electron chi connectivity index (χ0n) is 16.0. The van der Waals surface area contributed by atoms with Crippen LogP contribution in [-0.2, 0) is 14.4 Å². The monoisotopic (exact) mass is 446 g/mol. The average molecular weight is 447 g/mol. The van der Waals surface area contributed by atoms with E-state index in [0.29, 0.717) is 11.4 Å². The molecule has 0 spiro atoms. The topological polar surface area (TPSA) is 90.5 Å². The Morgan fingerprint density at radius 2 is 1.43 bits per heavy atom. The minimum atomic E-state index is -0.234. The van der Waals surface area contributed by atoms with Crippen molar-refractivity contribution in [3.63, 3.8) is 0 Å².